The van der Waals surface area contributed by atoms with Crippen molar-refractivity contribution in [2.75, 3.05) is 0 Å². The molecule has 0 spiro atoms. The van der Waals surface area contributed by atoms with Crippen molar-refractivity contribution < 1.29 is 0 Å². The lowest BCUT2D eigenvalue weighted by molar-refractivity contribution is 1.12. The molecule has 0 saturated carbocycles. The third-order valence-electron chi connectivity index (χ3n) is 1.89. The van der Waals surface area contributed by atoms with Crippen molar-refractivity contribution >= 4 is 32.5 Å². The van der Waals surface area contributed by atoms with Gasteiger partial charge in [-0.3, -0.25) is 5.10 Å². The van der Waals surface area contributed by atoms with E-state index < -0.39 is 0 Å². The SMILES string of the molecule is c1nc2cc3cn[nH]c3cc2s1. The number of nitrogens with one attached hydrogen (secondary N) is 1. The molecule has 2 aromatic heterocycles. The summed E-state index contributed by atoms with van der Waals surface area (Å²) in [6.45, 7) is 0. The fourth-order valence-corrected chi connectivity index (χ4v) is 1.99. The molecule has 0 saturated heterocycles. The second-order valence-corrected chi connectivity index (χ2v) is 3.52. The predicted octanol–water partition coefficient (Wildman–Crippen LogP) is 2.17. The van der Waals surface area contributed by atoms with Crippen LogP contribution < -0.4 is 0 Å². The van der Waals surface area contributed by atoms with Gasteiger partial charge in [0.15, 0.2) is 0 Å². The number of aromatic amines is 1. The number of hydrogen-bond acceptors (Lipinski definition) is 3. The molecule has 0 aliphatic heterocycles. The maximum atomic E-state index is 4.23. The molecule has 0 radical (unpaired) electrons. The zero-order chi connectivity index (χ0) is 7.97. The van der Waals surface area contributed by atoms with Gasteiger partial charge >= 0.3 is 0 Å². The van der Waals surface area contributed by atoms with Crippen molar-refractivity contribution in [3.05, 3.63) is 23.8 Å². The molecule has 4 heteroatoms. The van der Waals surface area contributed by atoms with Gasteiger partial charge in [-0.2, -0.15) is 5.10 Å². The normalized spacial score (nSPS) is 11.3. The van der Waals surface area contributed by atoms with E-state index in [0.717, 1.165) is 16.4 Å². The summed E-state index contributed by atoms with van der Waals surface area (Å²) in [6, 6.07) is 4.12. The van der Waals surface area contributed by atoms with Gasteiger partial charge in [-0.1, -0.05) is 0 Å². The number of nitrogens with zero attached hydrogens (tertiary/aromatic N) is 2. The van der Waals surface area contributed by atoms with Crippen LogP contribution in [0, 0.1) is 0 Å². The van der Waals surface area contributed by atoms with Crippen molar-refractivity contribution in [1.29, 1.82) is 0 Å². The summed E-state index contributed by atoms with van der Waals surface area (Å²) in [5, 5.41) is 8.01. The summed E-state index contributed by atoms with van der Waals surface area (Å²) in [4.78, 5) is 4.23. The summed E-state index contributed by atoms with van der Waals surface area (Å²) in [7, 11) is 0. The van der Waals surface area contributed by atoms with E-state index in [1.54, 1.807) is 11.3 Å². The lowest BCUT2D eigenvalue weighted by atomic mass is 10.2. The Morgan fingerprint density at radius 2 is 2.33 bits per heavy atom. The number of H-pyrrole nitrogens is 1. The molecule has 3 nitrogen and oxygen atoms in total. The van der Waals surface area contributed by atoms with E-state index in [0.29, 0.717) is 0 Å². The molecule has 0 unspecified atom stereocenters. The number of thiazole rings is 1. The Kier molecular flexibility index (Phi) is 1.04. The third-order valence-corrected chi connectivity index (χ3v) is 2.68. The molecule has 3 aromatic rings. The van der Waals surface area contributed by atoms with Crippen LogP contribution in [0.5, 0.6) is 0 Å². The molecule has 3 rings (SSSR count). The Morgan fingerprint density at radius 3 is 3.33 bits per heavy atom. The van der Waals surface area contributed by atoms with Gasteiger partial charge in [0, 0.05) is 5.39 Å². The Morgan fingerprint density at radius 1 is 1.33 bits per heavy atom. The van der Waals surface area contributed by atoms with Crippen molar-refractivity contribution in [3.63, 3.8) is 0 Å². The second kappa shape index (κ2) is 2.04. The minimum Gasteiger partial charge on any atom is -0.278 e. The van der Waals surface area contributed by atoms with Gasteiger partial charge in [0.2, 0.25) is 0 Å². The average Bonchev–Trinajstić information content (AvgIpc) is 2.64. The number of benzene rings is 1. The van der Waals surface area contributed by atoms with Crippen LogP contribution in [0.1, 0.15) is 0 Å². The van der Waals surface area contributed by atoms with Crippen molar-refractivity contribution in [1.82, 2.24) is 15.2 Å². The lowest BCUT2D eigenvalue weighted by Crippen LogP contribution is -1.68. The maximum Gasteiger partial charge on any atom is 0.0820 e. The summed E-state index contributed by atoms with van der Waals surface area (Å²) in [6.07, 6.45) is 1.81. The van der Waals surface area contributed by atoms with E-state index in [9.17, 15) is 0 Å². The minimum absolute atomic E-state index is 1.05. The topological polar surface area (TPSA) is 41.6 Å². The van der Waals surface area contributed by atoms with E-state index in [1.165, 1.54) is 4.70 Å². The van der Waals surface area contributed by atoms with Crippen LogP contribution in [0.2, 0.25) is 0 Å². The van der Waals surface area contributed by atoms with E-state index >= 15 is 0 Å². The molecule has 1 aromatic carbocycles. The number of aromatic nitrogens is 3. The van der Waals surface area contributed by atoms with Crippen LogP contribution in [-0.4, -0.2) is 15.2 Å². The standard InChI is InChI=1S/C8H5N3S/c1-5-3-10-11-6(5)2-8-7(1)9-4-12-8/h1-4H,(H,10,11). The summed E-state index contributed by atoms with van der Waals surface area (Å²) in [5.41, 5.74) is 3.98. The highest BCUT2D eigenvalue weighted by atomic mass is 32.1. The van der Waals surface area contributed by atoms with Crippen molar-refractivity contribution in [2.24, 2.45) is 0 Å². The first-order chi connectivity index (χ1) is 5.93. The number of rotatable bonds is 0. The first-order valence-electron chi connectivity index (χ1n) is 3.60. The van der Waals surface area contributed by atoms with Gasteiger partial charge in [0.05, 0.1) is 27.4 Å². The van der Waals surface area contributed by atoms with E-state index in [2.05, 4.69) is 21.2 Å². The van der Waals surface area contributed by atoms with Gasteiger partial charge in [-0.05, 0) is 12.1 Å². The number of fused-ring (bicyclic) bond motifs is 2. The Hall–Kier alpha value is -1.42. The largest absolute Gasteiger partial charge is 0.278 e. The highest BCUT2D eigenvalue weighted by Crippen LogP contribution is 2.22. The minimum atomic E-state index is 1.05. The maximum absolute atomic E-state index is 4.23. The molecule has 12 heavy (non-hydrogen) atoms. The average molecular weight is 175 g/mol. The van der Waals surface area contributed by atoms with Gasteiger partial charge in [0.25, 0.3) is 0 Å². The second-order valence-electron chi connectivity index (χ2n) is 2.63. The van der Waals surface area contributed by atoms with E-state index in [-0.39, 0.29) is 0 Å². The molecule has 0 aliphatic rings. The van der Waals surface area contributed by atoms with Crippen LogP contribution >= 0.6 is 11.3 Å². The predicted molar refractivity (Wildman–Crippen MR) is 49.3 cm³/mol. The van der Waals surface area contributed by atoms with Gasteiger partial charge in [0.1, 0.15) is 0 Å². The Balaban J connectivity index is 2.62. The first kappa shape index (κ1) is 6.14. The molecular weight excluding hydrogens is 170 g/mol. The molecule has 58 valence electrons. The monoisotopic (exact) mass is 175 g/mol. The molecule has 0 fully saturated rings. The van der Waals surface area contributed by atoms with Gasteiger partial charge < -0.3 is 0 Å². The highest BCUT2D eigenvalue weighted by molar-refractivity contribution is 7.16. The van der Waals surface area contributed by atoms with Gasteiger partial charge in [-0.15, -0.1) is 11.3 Å². The number of hydrogen-bond donors (Lipinski definition) is 1. The van der Waals surface area contributed by atoms with Gasteiger partial charge in [-0.25, -0.2) is 4.98 Å². The van der Waals surface area contributed by atoms with Crippen LogP contribution in [-0.2, 0) is 0 Å². The molecule has 2 heterocycles. The molecular formula is C8H5N3S. The molecule has 0 atom stereocenters. The third kappa shape index (κ3) is 0.698. The van der Waals surface area contributed by atoms with Crippen molar-refractivity contribution in [2.45, 2.75) is 0 Å². The fraction of sp³-hybridized carbons (Fsp3) is 0. The van der Waals surface area contributed by atoms with Crippen LogP contribution in [0.4, 0.5) is 0 Å². The van der Waals surface area contributed by atoms with Crippen LogP contribution in [0.25, 0.3) is 21.1 Å². The lowest BCUT2D eigenvalue weighted by Gasteiger charge is -1.87. The fourth-order valence-electron chi connectivity index (χ4n) is 1.29. The first-order valence-corrected chi connectivity index (χ1v) is 4.48. The highest BCUT2D eigenvalue weighted by Gasteiger charge is 2.00. The van der Waals surface area contributed by atoms with E-state index in [1.807, 2.05) is 17.8 Å². The Labute approximate surface area is 72.1 Å². The summed E-state index contributed by atoms with van der Waals surface area (Å²) in [5.74, 6) is 0. The quantitative estimate of drug-likeness (QED) is 0.569. The Bertz CT molecular complexity index is 446. The summed E-state index contributed by atoms with van der Waals surface area (Å²) >= 11 is 1.65. The van der Waals surface area contributed by atoms with Crippen molar-refractivity contribution in [3.8, 4) is 0 Å². The van der Waals surface area contributed by atoms with E-state index in [4.69, 9.17) is 0 Å². The van der Waals surface area contributed by atoms with Crippen LogP contribution in [0.15, 0.2) is 23.8 Å². The smallest absolute Gasteiger partial charge is 0.0820 e. The molecule has 1 N–H and O–H groups in total. The molecule has 0 bridgehead atoms. The van der Waals surface area contributed by atoms with Crippen LogP contribution in [0.3, 0.4) is 0 Å². The molecule has 0 aliphatic carbocycles. The zero-order valence-corrected chi connectivity index (χ0v) is 6.93. The molecule has 0 amide bonds. The zero-order valence-electron chi connectivity index (χ0n) is 6.11. The summed E-state index contributed by atoms with van der Waals surface area (Å²) < 4.78 is 1.20.